The van der Waals surface area contributed by atoms with Crippen molar-refractivity contribution < 1.29 is 23.9 Å². The number of anilines is 3. The molecule has 0 unspecified atom stereocenters. The molecule has 0 spiro atoms. The van der Waals surface area contributed by atoms with Crippen LogP contribution in [-0.2, 0) is 17.7 Å². The molecule has 0 saturated carbocycles. The third-order valence-corrected chi connectivity index (χ3v) is 6.43. The molecule has 0 bridgehead atoms. The average molecular weight is 520 g/mol. The SMILES string of the molecule is CCOC(=O)c1c(CNc2ccc(OC)cc2)[nH]c(C(=O)Nc2cccc(N3CCN(C)C3=O)c2)c1CC. The van der Waals surface area contributed by atoms with E-state index in [1.165, 1.54) is 0 Å². The van der Waals surface area contributed by atoms with Crippen molar-refractivity contribution in [3.63, 3.8) is 0 Å². The molecule has 0 radical (unpaired) electrons. The van der Waals surface area contributed by atoms with E-state index in [1.54, 1.807) is 49.1 Å². The summed E-state index contributed by atoms with van der Waals surface area (Å²) in [5.74, 6) is -0.130. The second-order valence-corrected chi connectivity index (χ2v) is 8.85. The van der Waals surface area contributed by atoms with Gasteiger partial charge >= 0.3 is 12.0 Å². The molecular weight excluding hydrogens is 486 g/mol. The number of H-pyrrole nitrogens is 1. The fourth-order valence-corrected chi connectivity index (χ4v) is 4.46. The van der Waals surface area contributed by atoms with Crippen LogP contribution in [0.3, 0.4) is 0 Å². The Hall–Kier alpha value is -4.47. The van der Waals surface area contributed by atoms with Gasteiger partial charge in [-0.25, -0.2) is 9.59 Å². The van der Waals surface area contributed by atoms with Crippen LogP contribution >= 0.6 is 0 Å². The second-order valence-electron chi connectivity index (χ2n) is 8.85. The van der Waals surface area contributed by atoms with Gasteiger partial charge in [0, 0.05) is 42.9 Å². The first-order valence-electron chi connectivity index (χ1n) is 12.6. The van der Waals surface area contributed by atoms with Crippen molar-refractivity contribution >= 4 is 35.0 Å². The van der Waals surface area contributed by atoms with E-state index >= 15 is 0 Å². The summed E-state index contributed by atoms with van der Waals surface area (Å²) in [6, 6.07) is 14.5. The van der Waals surface area contributed by atoms with E-state index in [0.29, 0.717) is 53.4 Å². The highest BCUT2D eigenvalue weighted by Gasteiger charge is 2.28. The smallest absolute Gasteiger partial charge is 0.340 e. The number of likely N-dealkylation sites (N-methyl/N-ethyl adjacent to an activating group) is 1. The molecule has 3 amide bonds. The Kier molecular flexibility index (Phi) is 8.20. The van der Waals surface area contributed by atoms with Gasteiger partial charge in [0.05, 0.1) is 25.8 Å². The lowest BCUT2D eigenvalue weighted by atomic mass is 10.1. The van der Waals surface area contributed by atoms with E-state index in [2.05, 4.69) is 15.6 Å². The second kappa shape index (κ2) is 11.7. The first-order valence-corrected chi connectivity index (χ1v) is 12.6. The van der Waals surface area contributed by atoms with Crippen molar-refractivity contribution in [3.8, 4) is 5.75 Å². The van der Waals surface area contributed by atoms with Crippen LogP contribution in [0.2, 0.25) is 0 Å². The molecule has 0 aliphatic carbocycles. The summed E-state index contributed by atoms with van der Waals surface area (Å²) in [6.07, 6.45) is 0.449. The number of benzene rings is 2. The van der Waals surface area contributed by atoms with E-state index in [0.717, 1.165) is 11.4 Å². The van der Waals surface area contributed by atoms with E-state index in [1.807, 2.05) is 37.3 Å². The Bertz CT molecular complexity index is 1320. The van der Waals surface area contributed by atoms with Crippen LogP contribution in [-0.4, -0.2) is 61.6 Å². The largest absolute Gasteiger partial charge is 0.497 e. The number of carbonyl (C=O) groups excluding carboxylic acids is 3. The molecule has 10 heteroatoms. The van der Waals surface area contributed by atoms with Crippen molar-refractivity contribution in [2.45, 2.75) is 26.8 Å². The molecule has 1 aliphatic rings. The van der Waals surface area contributed by atoms with Gasteiger partial charge in [-0.1, -0.05) is 13.0 Å². The summed E-state index contributed by atoms with van der Waals surface area (Å²) in [7, 11) is 3.36. The summed E-state index contributed by atoms with van der Waals surface area (Å²) < 4.78 is 10.5. The zero-order chi connectivity index (χ0) is 27.2. The first kappa shape index (κ1) is 26.6. The van der Waals surface area contributed by atoms with Crippen molar-refractivity contribution in [3.05, 3.63) is 71.0 Å². The number of carbonyl (C=O) groups is 3. The van der Waals surface area contributed by atoms with Gasteiger partial charge in [0.1, 0.15) is 11.4 Å². The molecule has 2 heterocycles. The molecule has 1 aliphatic heterocycles. The molecular formula is C28H33N5O5. The summed E-state index contributed by atoms with van der Waals surface area (Å²) in [6.45, 7) is 5.35. The first-order chi connectivity index (χ1) is 18.4. The molecule has 4 rings (SSSR count). The molecule has 3 aromatic rings. The number of urea groups is 1. The van der Waals surface area contributed by atoms with Gasteiger partial charge in [-0.2, -0.15) is 0 Å². The van der Waals surface area contributed by atoms with E-state index in [4.69, 9.17) is 9.47 Å². The fraction of sp³-hybridized carbons (Fsp3) is 0.321. The predicted octanol–water partition coefficient (Wildman–Crippen LogP) is 4.50. The summed E-state index contributed by atoms with van der Waals surface area (Å²) >= 11 is 0. The molecule has 1 fully saturated rings. The number of aromatic amines is 1. The quantitative estimate of drug-likeness (QED) is 0.340. The van der Waals surface area contributed by atoms with E-state index < -0.39 is 5.97 Å². The molecule has 0 atom stereocenters. The zero-order valence-electron chi connectivity index (χ0n) is 22.1. The molecule has 2 aromatic carbocycles. The van der Waals surface area contributed by atoms with Gasteiger partial charge in [0.15, 0.2) is 0 Å². The minimum absolute atomic E-state index is 0.0841. The van der Waals surface area contributed by atoms with Gasteiger partial charge in [-0.05, 0) is 61.4 Å². The lowest BCUT2D eigenvalue weighted by molar-refractivity contribution is 0.0524. The van der Waals surface area contributed by atoms with Crippen molar-refractivity contribution in [2.75, 3.05) is 49.4 Å². The number of nitrogens with one attached hydrogen (secondary N) is 3. The Labute approximate surface area is 221 Å². The number of hydrogen-bond donors (Lipinski definition) is 3. The Morgan fingerprint density at radius 2 is 1.82 bits per heavy atom. The van der Waals surface area contributed by atoms with Crippen LogP contribution in [0.4, 0.5) is 21.9 Å². The van der Waals surface area contributed by atoms with E-state index in [-0.39, 0.29) is 25.1 Å². The highest BCUT2D eigenvalue weighted by atomic mass is 16.5. The Morgan fingerprint density at radius 1 is 1.05 bits per heavy atom. The summed E-state index contributed by atoms with van der Waals surface area (Å²) in [5, 5.41) is 6.19. The Balaban J connectivity index is 1.59. The molecule has 38 heavy (non-hydrogen) atoms. The topological polar surface area (TPSA) is 116 Å². The fourth-order valence-electron chi connectivity index (χ4n) is 4.46. The Morgan fingerprint density at radius 3 is 2.45 bits per heavy atom. The molecule has 200 valence electrons. The number of amides is 3. The number of hydrogen-bond acceptors (Lipinski definition) is 6. The maximum Gasteiger partial charge on any atom is 0.340 e. The van der Waals surface area contributed by atoms with Crippen molar-refractivity contribution in [2.24, 2.45) is 0 Å². The maximum atomic E-state index is 13.4. The monoisotopic (exact) mass is 519 g/mol. The van der Waals surface area contributed by atoms with Crippen LogP contribution in [0.5, 0.6) is 5.75 Å². The van der Waals surface area contributed by atoms with Crippen molar-refractivity contribution in [1.82, 2.24) is 9.88 Å². The molecule has 1 saturated heterocycles. The van der Waals surface area contributed by atoms with Crippen LogP contribution < -0.4 is 20.3 Å². The van der Waals surface area contributed by atoms with Crippen molar-refractivity contribution in [1.29, 1.82) is 0 Å². The zero-order valence-corrected chi connectivity index (χ0v) is 22.1. The molecule has 1 aromatic heterocycles. The van der Waals surface area contributed by atoms with E-state index in [9.17, 15) is 14.4 Å². The number of rotatable bonds is 10. The number of nitrogens with zero attached hydrogens (tertiary/aromatic N) is 2. The maximum absolute atomic E-state index is 13.4. The highest BCUT2D eigenvalue weighted by molar-refractivity contribution is 6.07. The minimum atomic E-state index is -0.482. The van der Waals surface area contributed by atoms with Gasteiger partial charge in [-0.15, -0.1) is 0 Å². The average Bonchev–Trinajstić information content (AvgIpc) is 3.47. The van der Waals surface area contributed by atoms with Gasteiger partial charge in [0.2, 0.25) is 0 Å². The van der Waals surface area contributed by atoms with Gasteiger partial charge in [0.25, 0.3) is 5.91 Å². The summed E-state index contributed by atoms with van der Waals surface area (Å²) in [4.78, 5) is 45.2. The number of methoxy groups -OCH3 is 1. The lowest BCUT2D eigenvalue weighted by Crippen LogP contribution is -2.29. The summed E-state index contributed by atoms with van der Waals surface area (Å²) in [5.41, 5.74) is 3.88. The standard InChI is InChI=1S/C28H33N5O5/c1-5-22-24(27(35)38-6-2)23(17-29-18-10-12-21(37-4)13-11-18)31-25(22)26(34)30-19-8-7-9-20(16-19)33-15-14-32(3)28(33)36/h7-13,16,29,31H,5-6,14-15,17H2,1-4H3,(H,30,34). The molecule has 3 N–H and O–H groups in total. The third-order valence-electron chi connectivity index (χ3n) is 6.43. The number of aromatic nitrogens is 1. The third kappa shape index (κ3) is 5.59. The normalized spacial score (nSPS) is 13.0. The predicted molar refractivity (Wildman–Crippen MR) is 146 cm³/mol. The van der Waals surface area contributed by atoms with Gasteiger partial charge < -0.3 is 30.0 Å². The van der Waals surface area contributed by atoms with Gasteiger partial charge in [-0.3, -0.25) is 9.69 Å². The molecule has 10 nitrogen and oxygen atoms in total. The van der Waals surface area contributed by atoms with Crippen LogP contribution in [0.25, 0.3) is 0 Å². The van der Waals surface area contributed by atoms with Crippen LogP contribution in [0, 0.1) is 0 Å². The highest BCUT2D eigenvalue weighted by Crippen LogP contribution is 2.26. The number of esters is 1. The van der Waals surface area contributed by atoms with Crippen LogP contribution in [0.1, 0.15) is 46.0 Å². The lowest BCUT2D eigenvalue weighted by Gasteiger charge is -2.17. The minimum Gasteiger partial charge on any atom is -0.497 e. The number of ether oxygens (including phenoxy) is 2. The van der Waals surface area contributed by atoms with Crippen LogP contribution in [0.15, 0.2) is 48.5 Å².